The van der Waals surface area contributed by atoms with E-state index >= 15 is 0 Å². The maximum Gasteiger partial charge on any atom is 0.0438 e. The lowest BCUT2D eigenvalue weighted by molar-refractivity contribution is 0.103. The van der Waals surface area contributed by atoms with E-state index in [0.29, 0.717) is 6.04 Å². The van der Waals surface area contributed by atoms with Gasteiger partial charge in [-0.3, -0.25) is 4.90 Å². The molecule has 0 amide bonds. The average molecular weight is 307 g/mol. The van der Waals surface area contributed by atoms with Crippen LogP contribution in [0, 0.1) is 12.8 Å². The Labute approximate surface area is 133 Å². The molecule has 1 aromatic rings. The Balaban J connectivity index is 1.87. The molecule has 1 saturated carbocycles. The van der Waals surface area contributed by atoms with Gasteiger partial charge in [-0.2, -0.15) is 0 Å². The fraction of sp³-hybridized carbons (Fsp3) is 0.667. The minimum Gasteiger partial charge on any atom is -0.314 e. The molecule has 2 fully saturated rings. The van der Waals surface area contributed by atoms with Gasteiger partial charge in [0.1, 0.15) is 0 Å². The predicted octanol–water partition coefficient (Wildman–Crippen LogP) is 4.18. The number of benzene rings is 1. The Morgan fingerprint density at radius 1 is 1.14 bits per heavy atom. The van der Waals surface area contributed by atoms with E-state index in [-0.39, 0.29) is 0 Å². The minimum absolute atomic E-state index is 0.561. The molecule has 0 spiro atoms. The molecular formula is C18H27ClN2. The number of aryl methyl sites for hydroxylation is 1. The Morgan fingerprint density at radius 3 is 2.52 bits per heavy atom. The summed E-state index contributed by atoms with van der Waals surface area (Å²) in [6.07, 6.45) is 6.96. The van der Waals surface area contributed by atoms with Crippen molar-refractivity contribution in [3.8, 4) is 0 Å². The van der Waals surface area contributed by atoms with Crippen molar-refractivity contribution in [2.45, 2.75) is 45.1 Å². The van der Waals surface area contributed by atoms with Crippen LogP contribution in [0.4, 0.5) is 0 Å². The molecule has 3 rings (SSSR count). The molecule has 1 N–H and O–H groups in total. The summed E-state index contributed by atoms with van der Waals surface area (Å²) in [6.45, 7) is 6.64. The standard InChI is InChI=1S/C18H27ClN2/c1-14-7-8-16(13-17(14)19)18(15-5-3-2-4-6-15)21-11-9-20-10-12-21/h7-8,13,15,18,20H,2-6,9-12H2,1H3/t18-/m0/s1. The summed E-state index contributed by atoms with van der Waals surface area (Å²) in [5.74, 6) is 0.802. The third-order valence-electron chi connectivity index (χ3n) is 5.18. The Bertz CT molecular complexity index is 444. The Kier molecular flexibility index (Phi) is 5.20. The van der Waals surface area contributed by atoms with Gasteiger partial charge in [-0.1, -0.05) is 43.0 Å². The number of nitrogens with one attached hydrogen (secondary N) is 1. The van der Waals surface area contributed by atoms with Crippen LogP contribution >= 0.6 is 11.6 Å². The third-order valence-corrected chi connectivity index (χ3v) is 5.59. The van der Waals surface area contributed by atoms with E-state index in [9.17, 15) is 0 Å². The van der Waals surface area contributed by atoms with E-state index in [1.54, 1.807) is 0 Å². The zero-order chi connectivity index (χ0) is 14.7. The molecule has 0 radical (unpaired) electrons. The van der Waals surface area contributed by atoms with Gasteiger partial charge in [0.25, 0.3) is 0 Å². The molecule has 1 atom stereocenters. The molecule has 21 heavy (non-hydrogen) atoms. The normalized spacial score (nSPS) is 23.1. The van der Waals surface area contributed by atoms with E-state index in [1.807, 2.05) is 0 Å². The van der Waals surface area contributed by atoms with Crippen molar-refractivity contribution >= 4 is 11.6 Å². The molecule has 0 unspecified atom stereocenters. The number of nitrogens with zero attached hydrogens (tertiary/aromatic N) is 1. The predicted molar refractivity (Wildman–Crippen MR) is 89.9 cm³/mol. The second kappa shape index (κ2) is 7.13. The molecule has 2 nitrogen and oxygen atoms in total. The van der Waals surface area contributed by atoms with Crippen molar-refractivity contribution < 1.29 is 0 Å². The zero-order valence-electron chi connectivity index (χ0n) is 13.1. The maximum atomic E-state index is 6.40. The van der Waals surface area contributed by atoms with E-state index in [0.717, 1.165) is 37.1 Å². The first-order valence-corrected chi connectivity index (χ1v) is 8.84. The van der Waals surface area contributed by atoms with Crippen molar-refractivity contribution in [1.29, 1.82) is 0 Å². The van der Waals surface area contributed by atoms with Gasteiger partial charge in [0.15, 0.2) is 0 Å². The van der Waals surface area contributed by atoms with Crippen LogP contribution in [0.15, 0.2) is 18.2 Å². The first-order valence-electron chi connectivity index (χ1n) is 8.46. The summed E-state index contributed by atoms with van der Waals surface area (Å²) in [6, 6.07) is 7.28. The van der Waals surface area contributed by atoms with Crippen LogP contribution < -0.4 is 5.32 Å². The largest absolute Gasteiger partial charge is 0.314 e. The van der Waals surface area contributed by atoms with Crippen molar-refractivity contribution in [3.05, 3.63) is 34.3 Å². The molecule has 1 saturated heterocycles. The molecule has 3 heteroatoms. The molecule has 1 aromatic carbocycles. The van der Waals surface area contributed by atoms with E-state index in [1.165, 1.54) is 43.2 Å². The van der Waals surface area contributed by atoms with E-state index < -0.39 is 0 Å². The number of rotatable bonds is 3. The van der Waals surface area contributed by atoms with Gasteiger partial charge >= 0.3 is 0 Å². The van der Waals surface area contributed by atoms with Crippen molar-refractivity contribution in [2.24, 2.45) is 5.92 Å². The summed E-state index contributed by atoms with van der Waals surface area (Å²) in [5, 5.41) is 4.40. The topological polar surface area (TPSA) is 15.3 Å². The first-order chi connectivity index (χ1) is 10.3. The van der Waals surface area contributed by atoms with Crippen LogP contribution in [0.5, 0.6) is 0 Å². The SMILES string of the molecule is Cc1ccc([C@H](C2CCCCC2)N2CCNCC2)cc1Cl. The summed E-state index contributed by atoms with van der Waals surface area (Å²) in [4.78, 5) is 2.69. The molecule has 1 aliphatic carbocycles. The van der Waals surface area contributed by atoms with Crippen LogP contribution in [-0.4, -0.2) is 31.1 Å². The van der Waals surface area contributed by atoms with Gasteiger partial charge in [0.2, 0.25) is 0 Å². The second-order valence-corrected chi connectivity index (χ2v) is 7.04. The molecule has 116 valence electrons. The van der Waals surface area contributed by atoms with Crippen LogP contribution in [0.25, 0.3) is 0 Å². The molecule has 0 bridgehead atoms. The monoisotopic (exact) mass is 306 g/mol. The van der Waals surface area contributed by atoms with Crippen LogP contribution in [-0.2, 0) is 0 Å². The molecular weight excluding hydrogens is 280 g/mol. The van der Waals surface area contributed by atoms with Gasteiger partial charge in [0.05, 0.1) is 0 Å². The van der Waals surface area contributed by atoms with E-state index in [2.05, 4.69) is 35.3 Å². The third kappa shape index (κ3) is 3.61. The summed E-state index contributed by atoms with van der Waals surface area (Å²) in [5.41, 5.74) is 2.61. The fourth-order valence-corrected chi connectivity index (χ4v) is 4.17. The Hall–Kier alpha value is -0.570. The van der Waals surface area contributed by atoms with Gasteiger partial charge in [0, 0.05) is 37.2 Å². The quantitative estimate of drug-likeness (QED) is 0.901. The summed E-state index contributed by atoms with van der Waals surface area (Å²) in [7, 11) is 0. The maximum absolute atomic E-state index is 6.40. The van der Waals surface area contributed by atoms with Gasteiger partial charge in [-0.25, -0.2) is 0 Å². The van der Waals surface area contributed by atoms with Gasteiger partial charge in [-0.15, -0.1) is 0 Å². The highest BCUT2D eigenvalue weighted by Crippen LogP contribution is 2.39. The average Bonchev–Trinajstić information content (AvgIpc) is 2.53. The first kappa shape index (κ1) is 15.3. The number of piperazine rings is 1. The van der Waals surface area contributed by atoms with Crippen molar-refractivity contribution in [1.82, 2.24) is 10.2 Å². The van der Waals surface area contributed by atoms with Crippen LogP contribution in [0.3, 0.4) is 0 Å². The highest BCUT2D eigenvalue weighted by Gasteiger charge is 2.31. The molecule has 1 aliphatic heterocycles. The molecule has 0 aromatic heterocycles. The van der Waals surface area contributed by atoms with Crippen LogP contribution in [0.2, 0.25) is 5.02 Å². The highest BCUT2D eigenvalue weighted by atomic mass is 35.5. The van der Waals surface area contributed by atoms with Crippen LogP contribution in [0.1, 0.15) is 49.3 Å². The zero-order valence-corrected chi connectivity index (χ0v) is 13.8. The lowest BCUT2D eigenvalue weighted by Gasteiger charge is -2.41. The van der Waals surface area contributed by atoms with Crippen molar-refractivity contribution in [3.63, 3.8) is 0 Å². The second-order valence-electron chi connectivity index (χ2n) is 6.64. The minimum atomic E-state index is 0.561. The fourth-order valence-electron chi connectivity index (χ4n) is 3.98. The smallest absolute Gasteiger partial charge is 0.0438 e. The van der Waals surface area contributed by atoms with Gasteiger partial charge in [-0.05, 0) is 42.9 Å². The van der Waals surface area contributed by atoms with Crippen molar-refractivity contribution in [2.75, 3.05) is 26.2 Å². The highest BCUT2D eigenvalue weighted by molar-refractivity contribution is 6.31. The number of halogens is 1. The number of hydrogen-bond donors (Lipinski definition) is 1. The lowest BCUT2D eigenvalue weighted by atomic mass is 9.80. The lowest BCUT2D eigenvalue weighted by Crippen LogP contribution is -2.47. The molecule has 1 heterocycles. The molecule has 2 aliphatic rings. The van der Waals surface area contributed by atoms with E-state index in [4.69, 9.17) is 11.6 Å². The van der Waals surface area contributed by atoms with Gasteiger partial charge < -0.3 is 5.32 Å². The summed E-state index contributed by atoms with van der Waals surface area (Å²) >= 11 is 6.40. The number of hydrogen-bond acceptors (Lipinski definition) is 2. The summed E-state index contributed by atoms with van der Waals surface area (Å²) < 4.78 is 0. The Morgan fingerprint density at radius 2 is 1.86 bits per heavy atom.